The second-order valence-electron chi connectivity index (χ2n) is 5.75. The van der Waals surface area contributed by atoms with Crippen molar-refractivity contribution >= 4 is 17.5 Å². The van der Waals surface area contributed by atoms with E-state index >= 15 is 0 Å². The van der Waals surface area contributed by atoms with Crippen LogP contribution in [0.3, 0.4) is 0 Å². The third-order valence-electron chi connectivity index (χ3n) is 4.33. The predicted molar refractivity (Wildman–Crippen MR) is 91.3 cm³/mol. The van der Waals surface area contributed by atoms with Gasteiger partial charge in [0.1, 0.15) is 6.10 Å². The van der Waals surface area contributed by atoms with Gasteiger partial charge in [0, 0.05) is 25.1 Å². The first-order valence-electron chi connectivity index (χ1n) is 7.83. The van der Waals surface area contributed by atoms with Gasteiger partial charge in [0.2, 0.25) is 5.91 Å². The number of amides is 1. The molecule has 4 heteroatoms. The lowest BCUT2D eigenvalue weighted by molar-refractivity contribution is -0.133. The van der Waals surface area contributed by atoms with Gasteiger partial charge in [0.15, 0.2) is 0 Å². The van der Waals surface area contributed by atoms with Gasteiger partial charge in [-0.3, -0.25) is 4.79 Å². The molecule has 23 heavy (non-hydrogen) atoms. The fourth-order valence-electron chi connectivity index (χ4n) is 3.23. The molecule has 1 aliphatic rings. The highest BCUT2D eigenvalue weighted by molar-refractivity contribution is 6.30. The van der Waals surface area contributed by atoms with Gasteiger partial charge in [-0.1, -0.05) is 54.1 Å². The first kappa shape index (κ1) is 16.0. The second kappa shape index (κ2) is 7.16. The lowest BCUT2D eigenvalue weighted by atomic mass is 9.94. The summed E-state index contributed by atoms with van der Waals surface area (Å²) in [7, 11) is 1.69. The van der Waals surface area contributed by atoms with Crippen molar-refractivity contribution < 1.29 is 9.53 Å². The van der Waals surface area contributed by atoms with E-state index in [1.807, 2.05) is 47.4 Å². The Labute approximate surface area is 141 Å². The van der Waals surface area contributed by atoms with Crippen LogP contribution in [-0.4, -0.2) is 24.5 Å². The Bertz CT molecular complexity index is 657. The van der Waals surface area contributed by atoms with Crippen molar-refractivity contribution in [3.63, 3.8) is 0 Å². The maximum absolute atomic E-state index is 12.3. The van der Waals surface area contributed by atoms with Crippen molar-refractivity contribution in [1.29, 1.82) is 0 Å². The smallest absolute Gasteiger partial charge is 0.223 e. The summed E-state index contributed by atoms with van der Waals surface area (Å²) >= 11 is 6.00. The summed E-state index contributed by atoms with van der Waals surface area (Å²) in [5.41, 5.74) is 2.11. The van der Waals surface area contributed by atoms with Crippen molar-refractivity contribution in [2.45, 2.75) is 25.0 Å². The SMILES string of the molecule is CO[C@H](c1ccc(Cl)cc1)[C@H](c1ccccc1)N1CCCC1=O. The molecular weight excluding hydrogens is 310 g/mol. The van der Waals surface area contributed by atoms with E-state index in [1.54, 1.807) is 7.11 Å². The van der Waals surface area contributed by atoms with Gasteiger partial charge in [-0.25, -0.2) is 0 Å². The van der Waals surface area contributed by atoms with Crippen molar-refractivity contribution in [1.82, 2.24) is 4.90 Å². The van der Waals surface area contributed by atoms with Gasteiger partial charge >= 0.3 is 0 Å². The maximum Gasteiger partial charge on any atom is 0.223 e. The average molecular weight is 330 g/mol. The van der Waals surface area contributed by atoms with Crippen LogP contribution in [0.1, 0.15) is 36.1 Å². The number of hydrogen-bond donors (Lipinski definition) is 0. The summed E-state index contributed by atoms with van der Waals surface area (Å²) < 4.78 is 5.82. The molecule has 0 spiro atoms. The lowest BCUT2D eigenvalue weighted by Gasteiger charge is -2.34. The molecule has 1 heterocycles. The van der Waals surface area contributed by atoms with Crippen LogP contribution >= 0.6 is 11.6 Å². The Balaban J connectivity index is 2.02. The van der Waals surface area contributed by atoms with E-state index < -0.39 is 0 Å². The van der Waals surface area contributed by atoms with E-state index in [0.29, 0.717) is 11.4 Å². The number of hydrogen-bond acceptors (Lipinski definition) is 2. The monoisotopic (exact) mass is 329 g/mol. The molecular formula is C19H20ClNO2. The van der Waals surface area contributed by atoms with E-state index in [1.165, 1.54) is 0 Å². The Kier molecular flexibility index (Phi) is 4.99. The van der Waals surface area contributed by atoms with Gasteiger partial charge < -0.3 is 9.64 Å². The number of benzene rings is 2. The Morgan fingerprint density at radius 1 is 1.04 bits per heavy atom. The zero-order valence-electron chi connectivity index (χ0n) is 13.1. The van der Waals surface area contributed by atoms with Crippen LogP contribution in [0.15, 0.2) is 54.6 Å². The molecule has 1 fully saturated rings. The number of methoxy groups -OCH3 is 1. The molecule has 1 amide bonds. The topological polar surface area (TPSA) is 29.5 Å². The average Bonchev–Trinajstić information content (AvgIpc) is 3.00. The Morgan fingerprint density at radius 2 is 1.74 bits per heavy atom. The van der Waals surface area contributed by atoms with Gasteiger partial charge in [-0.2, -0.15) is 0 Å². The minimum atomic E-state index is -0.225. The summed E-state index contributed by atoms with van der Waals surface area (Å²) in [6.45, 7) is 0.770. The molecule has 0 bridgehead atoms. The second-order valence-corrected chi connectivity index (χ2v) is 6.19. The normalized spacial score (nSPS) is 17.3. The lowest BCUT2D eigenvalue weighted by Crippen LogP contribution is -2.34. The molecule has 120 valence electrons. The molecule has 0 unspecified atom stereocenters. The van der Waals surface area contributed by atoms with Crippen LogP contribution in [-0.2, 0) is 9.53 Å². The fourth-order valence-corrected chi connectivity index (χ4v) is 3.36. The summed E-state index contributed by atoms with van der Waals surface area (Å²) in [6.07, 6.45) is 1.29. The number of likely N-dealkylation sites (tertiary alicyclic amines) is 1. The number of carbonyl (C=O) groups excluding carboxylic acids is 1. The van der Waals surface area contributed by atoms with Crippen molar-refractivity contribution in [2.24, 2.45) is 0 Å². The number of rotatable bonds is 5. The van der Waals surface area contributed by atoms with Crippen LogP contribution < -0.4 is 0 Å². The van der Waals surface area contributed by atoms with E-state index in [-0.39, 0.29) is 18.1 Å². The molecule has 2 atom stereocenters. The fraction of sp³-hybridized carbons (Fsp3) is 0.316. The van der Waals surface area contributed by atoms with E-state index in [2.05, 4.69) is 12.1 Å². The van der Waals surface area contributed by atoms with Crippen LogP contribution in [0.4, 0.5) is 0 Å². The maximum atomic E-state index is 12.3. The molecule has 0 aromatic heterocycles. The number of halogens is 1. The largest absolute Gasteiger partial charge is 0.374 e. The molecule has 0 saturated carbocycles. The predicted octanol–water partition coefficient (Wildman–Crippen LogP) is 4.39. The highest BCUT2D eigenvalue weighted by atomic mass is 35.5. The van der Waals surface area contributed by atoms with Gasteiger partial charge in [0.05, 0.1) is 6.04 Å². The summed E-state index contributed by atoms with van der Waals surface area (Å²) in [4.78, 5) is 14.3. The third-order valence-corrected chi connectivity index (χ3v) is 4.58. The molecule has 1 saturated heterocycles. The highest BCUT2D eigenvalue weighted by Gasteiger charge is 2.35. The molecule has 3 nitrogen and oxygen atoms in total. The molecule has 3 rings (SSSR count). The Morgan fingerprint density at radius 3 is 2.30 bits per heavy atom. The molecule has 2 aromatic rings. The zero-order chi connectivity index (χ0) is 16.2. The first-order chi connectivity index (χ1) is 11.2. The van der Waals surface area contributed by atoms with Crippen LogP contribution in [0, 0.1) is 0 Å². The highest BCUT2D eigenvalue weighted by Crippen LogP contribution is 2.39. The summed E-state index contributed by atoms with van der Waals surface area (Å²) in [5, 5.41) is 0.692. The van der Waals surface area contributed by atoms with E-state index in [0.717, 1.165) is 24.1 Å². The number of ether oxygens (including phenoxy) is 1. The van der Waals surface area contributed by atoms with Crippen molar-refractivity contribution in [3.05, 3.63) is 70.7 Å². The summed E-state index contributed by atoms with van der Waals surface area (Å²) in [5.74, 6) is 0.190. The quantitative estimate of drug-likeness (QED) is 0.814. The number of carbonyl (C=O) groups is 1. The minimum absolute atomic E-state index is 0.127. The number of nitrogens with zero attached hydrogens (tertiary/aromatic N) is 1. The van der Waals surface area contributed by atoms with Crippen molar-refractivity contribution in [3.8, 4) is 0 Å². The molecule has 0 N–H and O–H groups in total. The van der Waals surface area contributed by atoms with Gasteiger partial charge in [0.25, 0.3) is 0 Å². The molecule has 0 radical (unpaired) electrons. The summed E-state index contributed by atoms with van der Waals surface area (Å²) in [6, 6.07) is 17.6. The molecule has 2 aromatic carbocycles. The zero-order valence-corrected chi connectivity index (χ0v) is 13.9. The van der Waals surface area contributed by atoms with Crippen LogP contribution in [0.25, 0.3) is 0 Å². The minimum Gasteiger partial charge on any atom is -0.374 e. The van der Waals surface area contributed by atoms with E-state index in [4.69, 9.17) is 16.3 Å². The first-order valence-corrected chi connectivity index (χ1v) is 8.21. The van der Waals surface area contributed by atoms with Crippen molar-refractivity contribution in [2.75, 3.05) is 13.7 Å². The van der Waals surface area contributed by atoms with E-state index in [9.17, 15) is 4.79 Å². The van der Waals surface area contributed by atoms with Crippen LogP contribution in [0.2, 0.25) is 5.02 Å². The van der Waals surface area contributed by atoms with Gasteiger partial charge in [-0.15, -0.1) is 0 Å². The van der Waals surface area contributed by atoms with Gasteiger partial charge in [-0.05, 0) is 29.7 Å². The van der Waals surface area contributed by atoms with Crippen LogP contribution in [0.5, 0.6) is 0 Å². The standard InChI is InChI=1S/C19H20ClNO2/c1-23-19(15-9-11-16(20)12-10-15)18(14-6-3-2-4-7-14)21-13-5-8-17(21)22/h2-4,6-7,9-12,18-19H,5,8,13H2,1H3/t18-,19+/m0/s1. The third kappa shape index (κ3) is 3.41. The Hall–Kier alpha value is -1.84. The molecule has 1 aliphatic heterocycles. The molecule has 0 aliphatic carbocycles.